The topological polar surface area (TPSA) is 66.0 Å². The van der Waals surface area contributed by atoms with Crippen LogP contribution in [0.4, 0.5) is 5.95 Å². The molecule has 0 fully saturated rings. The summed E-state index contributed by atoms with van der Waals surface area (Å²) < 4.78 is 6.99. The fourth-order valence-corrected chi connectivity index (χ4v) is 2.14. The third kappa shape index (κ3) is 2.04. The molecule has 2 aromatic heterocycles. The number of aromatic nitrogens is 3. The second-order valence-electron chi connectivity index (χ2n) is 4.25. The highest BCUT2D eigenvalue weighted by molar-refractivity contribution is 5.76. The second-order valence-corrected chi connectivity index (χ2v) is 4.25. The summed E-state index contributed by atoms with van der Waals surface area (Å²) in [5.41, 5.74) is 9.56. The van der Waals surface area contributed by atoms with E-state index < -0.39 is 0 Å². The Balaban J connectivity index is 2.18. The normalized spacial score (nSPS) is 11.0. The van der Waals surface area contributed by atoms with Gasteiger partial charge in [-0.1, -0.05) is 12.1 Å². The van der Waals surface area contributed by atoms with Crippen LogP contribution in [0.25, 0.3) is 16.9 Å². The monoisotopic (exact) mass is 254 g/mol. The lowest BCUT2D eigenvalue weighted by molar-refractivity contribution is 0.185. The maximum atomic E-state index is 5.99. The standard InChI is InChI=1S/C14H14N4O/c1-19-9-10-4-2-5-11(8-10)18-13-12(17-14(18)15)6-3-7-16-13/h2-8H,9H2,1H3,(H2,15,17). The number of nitrogens with two attached hydrogens (primary N) is 1. The van der Waals surface area contributed by atoms with Crippen molar-refractivity contribution in [1.82, 2.24) is 14.5 Å². The number of imidazole rings is 1. The molecule has 1 aromatic carbocycles. The van der Waals surface area contributed by atoms with Crippen molar-refractivity contribution < 1.29 is 4.74 Å². The summed E-state index contributed by atoms with van der Waals surface area (Å²) in [6.07, 6.45) is 1.74. The molecule has 5 heteroatoms. The second kappa shape index (κ2) is 4.70. The fraction of sp³-hybridized carbons (Fsp3) is 0.143. The van der Waals surface area contributed by atoms with E-state index in [1.54, 1.807) is 13.3 Å². The van der Waals surface area contributed by atoms with Gasteiger partial charge >= 0.3 is 0 Å². The first-order valence-electron chi connectivity index (χ1n) is 5.97. The van der Waals surface area contributed by atoms with Crippen LogP contribution in [0, 0.1) is 0 Å². The van der Waals surface area contributed by atoms with Crippen LogP contribution >= 0.6 is 0 Å². The van der Waals surface area contributed by atoms with Crippen molar-refractivity contribution in [1.29, 1.82) is 0 Å². The predicted octanol–water partition coefficient (Wildman–Crippen LogP) is 2.15. The van der Waals surface area contributed by atoms with Crippen LogP contribution in [0.15, 0.2) is 42.6 Å². The molecule has 0 atom stereocenters. The molecule has 0 aliphatic carbocycles. The molecule has 0 aliphatic heterocycles. The number of hydrogen-bond acceptors (Lipinski definition) is 4. The number of pyridine rings is 1. The number of nitrogens with zero attached hydrogens (tertiary/aromatic N) is 3. The van der Waals surface area contributed by atoms with Gasteiger partial charge in [-0.25, -0.2) is 9.97 Å². The van der Waals surface area contributed by atoms with Gasteiger partial charge in [0.15, 0.2) is 5.65 Å². The molecule has 0 amide bonds. The molecule has 3 rings (SSSR count). The van der Waals surface area contributed by atoms with E-state index in [2.05, 4.69) is 9.97 Å². The fourth-order valence-electron chi connectivity index (χ4n) is 2.14. The summed E-state index contributed by atoms with van der Waals surface area (Å²) in [5.74, 6) is 0.434. The van der Waals surface area contributed by atoms with E-state index in [-0.39, 0.29) is 0 Å². The van der Waals surface area contributed by atoms with Crippen molar-refractivity contribution in [2.75, 3.05) is 12.8 Å². The minimum Gasteiger partial charge on any atom is -0.380 e. The number of benzene rings is 1. The van der Waals surface area contributed by atoms with Crippen LogP contribution in [-0.2, 0) is 11.3 Å². The number of anilines is 1. The smallest absolute Gasteiger partial charge is 0.207 e. The molecule has 0 saturated carbocycles. The van der Waals surface area contributed by atoms with Gasteiger partial charge in [-0.05, 0) is 29.8 Å². The Morgan fingerprint density at radius 1 is 1.26 bits per heavy atom. The first-order chi connectivity index (χ1) is 9.29. The average molecular weight is 254 g/mol. The van der Waals surface area contributed by atoms with E-state index in [0.717, 1.165) is 22.4 Å². The van der Waals surface area contributed by atoms with Crippen LogP contribution in [-0.4, -0.2) is 21.6 Å². The first-order valence-corrected chi connectivity index (χ1v) is 5.97. The highest BCUT2D eigenvalue weighted by atomic mass is 16.5. The number of fused-ring (bicyclic) bond motifs is 1. The van der Waals surface area contributed by atoms with Gasteiger partial charge in [-0.15, -0.1) is 0 Å². The summed E-state index contributed by atoms with van der Waals surface area (Å²) in [6.45, 7) is 0.563. The first kappa shape index (κ1) is 11.7. The van der Waals surface area contributed by atoms with E-state index in [0.29, 0.717) is 12.6 Å². The van der Waals surface area contributed by atoms with Crippen LogP contribution in [0.1, 0.15) is 5.56 Å². The predicted molar refractivity (Wildman–Crippen MR) is 74.0 cm³/mol. The largest absolute Gasteiger partial charge is 0.380 e. The summed E-state index contributed by atoms with van der Waals surface area (Å²) in [6, 6.07) is 11.7. The van der Waals surface area contributed by atoms with Gasteiger partial charge in [-0.3, -0.25) is 4.57 Å². The molecule has 3 aromatic rings. The minimum atomic E-state index is 0.434. The average Bonchev–Trinajstić information content (AvgIpc) is 2.75. The Bertz CT molecular complexity index is 720. The Hall–Kier alpha value is -2.40. The summed E-state index contributed by atoms with van der Waals surface area (Å²) in [7, 11) is 1.68. The third-order valence-electron chi connectivity index (χ3n) is 2.92. The van der Waals surface area contributed by atoms with Crippen LogP contribution < -0.4 is 5.73 Å². The molecule has 2 N–H and O–H groups in total. The van der Waals surface area contributed by atoms with Crippen molar-refractivity contribution >= 4 is 17.1 Å². The van der Waals surface area contributed by atoms with Crippen molar-refractivity contribution in [2.24, 2.45) is 0 Å². The zero-order chi connectivity index (χ0) is 13.2. The lowest BCUT2D eigenvalue weighted by Crippen LogP contribution is -2.02. The molecule has 0 bridgehead atoms. The van der Waals surface area contributed by atoms with Gasteiger partial charge in [0.05, 0.1) is 12.3 Å². The molecule has 0 aliphatic rings. The van der Waals surface area contributed by atoms with E-state index in [4.69, 9.17) is 10.5 Å². The zero-order valence-corrected chi connectivity index (χ0v) is 10.6. The highest BCUT2D eigenvalue weighted by Gasteiger charge is 2.10. The molecule has 5 nitrogen and oxygen atoms in total. The molecule has 0 unspecified atom stereocenters. The summed E-state index contributed by atoms with van der Waals surface area (Å²) in [4.78, 5) is 8.66. The Kier molecular flexibility index (Phi) is 2.89. The van der Waals surface area contributed by atoms with E-state index >= 15 is 0 Å². The molecule has 0 saturated heterocycles. The SMILES string of the molecule is COCc1cccc(-n2c(N)nc3cccnc32)c1. The third-order valence-corrected chi connectivity index (χ3v) is 2.92. The number of methoxy groups -OCH3 is 1. The maximum Gasteiger partial charge on any atom is 0.207 e. The van der Waals surface area contributed by atoms with Gasteiger partial charge in [0.25, 0.3) is 0 Å². The van der Waals surface area contributed by atoms with Crippen molar-refractivity contribution in [3.05, 3.63) is 48.2 Å². The van der Waals surface area contributed by atoms with Crippen molar-refractivity contribution in [3.8, 4) is 5.69 Å². The highest BCUT2D eigenvalue weighted by Crippen LogP contribution is 2.21. The molecule has 0 radical (unpaired) electrons. The zero-order valence-electron chi connectivity index (χ0n) is 10.6. The molecule has 2 heterocycles. The van der Waals surface area contributed by atoms with Crippen LogP contribution in [0.2, 0.25) is 0 Å². The van der Waals surface area contributed by atoms with Gasteiger partial charge in [0, 0.05) is 13.3 Å². The lowest BCUT2D eigenvalue weighted by atomic mass is 10.2. The van der Waals surface area contributed by atoms with Gasteiger partial charge < -0.3 is 10.5 Å². The van der Waals surface area contributed by atoms with Crippen LogP contribution in [0.5, 0.6) is 0 Å². The maximum absolute atomic E-state index is 5.99. The van der Waals surface area contributed by atoms with Gasteiger partial charge in [-0.2, -0.15) is 0 Å². The minimum absolute atomic E-state index is 0.434. The number of rotatable bonds is 3. The molecular weight excluding hydrogens is 240 g/mol. The summed E-state index contributed by atoms with van der Waals surface area (Å²) >= 11 is 0. The van der Waals surface area contributed by atoms with Gasteiger partial charge in [0.2, 0.25) is 5.95 Å². The van der Waals surface area contributed by atoms with Crippen molar-refractivity contribution in [3.63, 3.8) is 0 Å². The lowest BCUT2D eigenvalue weighted by Gasteiger charge is -2.07. The molecule has 96 valence electrons. The number of hydrogen-bond donors (Lipinski definition) is 1. The van der Waals surface area contributed by atoms with E-state index in [1.165, 1.54) is 0 Å². The molecule has 0 spiro atoms. The number of nitrogen functional groups attached to an aromatic ring is 1. The Morgan fingerprint density at radius 3 is 3.00 bits per heavy atom. The number of ether oxygens (including phenoxy) is 1. The molecule has 19 heavy (non-hydrogen) atoms. The Morgan fingerprint density at radius 2 is 2.16 bits per heavy atom. The van der Waals surface area contributed by atoms with E-state index in [9.17, 15) is 0 Å². The van der Waals surface area contributed by atoms with Crippen LogP contribution in [0.3, 0.4) is 0 Å². The Labute approximate surface area is 110 Å². The van der Waals surface area contributed by atoms with Crippen molar-refractivity contribution in [2.45, 2.75) is 6.61 Å². The van der Waals surface area contributed by atoms with E-state index in [1.807, 2.05) is 41.0 Å². The summed E-state index contributed by atoms with van der Waals surface area (Å²) in [5, 5.41) is 0. The molecular formula is C14H14N4O. The quantitative estimate of drug-likeness (QED) is 0.777. The van der Waals surface area contributed by atoms with Gasteiger partial charge in [0.1, 0.15) is 5.52 Å².